The second kappa shape index (κ2) is 10.5. The predicted octanol–water partition coefficient (Wildman–Crippen LogP) is 2.41. The van der Waals surface area contributed by atoms with Crippen LogP contribution >= 0.6 is 7.60 Å². The molecule has 0 saturated carbocycles. The van der Waals surface area contributed by atoms with E-state index < -0.39 is 19.9 Å². The third kappa shape index (κ3) is 6.92. The Bertz CT molecular complexity index is 856. The molecule has 0 aliphatic heterocycles. The Hall–Kier alpha value is -2.29. The number of ether oxygens (including phenoxy) is 1. The fourth-order valence-electron chi connectivity index (χ4n) is 2.94. The van der Waals surface area contributed by atoms with Gasteiger partial charge in [0.15, 0.2) is 23.0 Å². The molecule has 10 heteroatoms. The van der Waals surface area contributed by atoms with E-state index in [0.717, 1.165) is 24.8 Å². The summed E-state index contributed by atoms with van der Waals surface area (Å²) in [5.41, 5.74) is 1.37. The van der Waals surface area contributed by atoms with E-state index in [4.69, 9.17) is 21.4 Å². The smallest absolute Gasteiger partial charge is 0.329 e. The SMILES string of the molecule is CCCCc1ccc(OC(Cc2cccc(ON)c2O)CP(=O)(O)O)c(ON)c1. The van der Waals surface area contributed by atoms with Gasteiger partial charge in [-0.15, -0.1) is 0 Å². The molecule has 2 aromatic rings. The molecular formula is C19H27N2O7P. The molecule has 2 aromatic carbocycles. The summed E-state index contributed by atoms with van der Waals surface area (Å²) in [6, 6.07) is 9.89. The minimum Gasteiger partial charge on any atom is -0.504 e. The topological polar surface area (TPSA) is 157 Å². The number of para-hydroxylation sites is 1. The number of rotatable bonds is 11. The van der Waals surface area contributed by atoms with Gasteiger partial charge in [-0.25, -0.2) is 0 Å². The van der Waals surface area contributed by atoms with E-state index in [0.29, 0.717) is 5.56 Å². The normalized spacial score (nSPS) is 12.4. The first-order chi connectivity index (χ1) is 13.8. The minimum atomic E-state index is -4.41. The monoisotopic (exact) mass is 426 g/mol. The molecule has 160 valence electrons. The van der Waals surface area contributed by atoms with Gasteiger partial charge >= 0.3 is 7.60 Å². The van der Waals surface area contributed by atoms with E-state index in [1.165, 1.54) is 6.07 Å². The molecule has 1 unspecified atom stereocenters. The summed E-state index contributed by atoms with van der Waals surface area (Å²) in [5.74, 6) is 10.8. The van der Waals surface area contributed by atoms with Crippen molar-refractivity contribution in [3.05, 3.63) is 47.5 Å². The van der Waals surface area contributed by atoms with Crippen molar-refractivity contribution in [2.45, 2.75) is 38.7 Å². The van der Waals surface area contributed by atoms with Crippen molar-refractivity contribution < 1.29 is 33.9 Å². The standard InChI is InChI=1S/C19H27N2O7P/c1-2-3-5-13-8-9-16(18(10-13)28-21)26-15(12-29(23,24)25)11-14-6-4-7-17(27-20)19(14)22/h4,6-10,15,22H,2-3,5,11-12,20-21H2,1H3,(H2,23,24,25). The fourth-order valence-corrected chi connectivity index (χ4v) is 3.67. The molecule has 2 rings (SSSR count). The lowest BCUT2D eigenvalue weighted by atomic mass is 10.1. The highest BCUT2D eigenvalue weighted by atomic mass is 31.2. The number of hydrogen-bond donors (Lipinski definition) is 5. The summed E-state index contributed by atoms with van der Waals surface area (Å²) in [4.78, 5) is 28.4. The average molecular weight is 426 g/mol. The van der Waals surface area contributed by atoms with Crippen LogP contribution in [0.15, 0.2) is 36.4 Å². The molecule has 0 aliphatic rings. The van der Waals surface area contributed by atoms with Gasteiger partial charge in [0, 0.05) is 12.0 Å². The van der Waals surface area contributed by atoms with Crippen molar-refractivity contribution in [2.75, 3.05) is 6.16 Å². The zero-order valence-electron chi connectivity index (χ0n) is 16.2. The Kier molecular flexibility index (Phi) is 8.31. The van der Waals surface area contributed by atoms with E-state index in [1.54, 1.807) is 24.3 Å². The van der Waals surface area contributed by atoms with Crippen molar-refractivity contribution in [3.8, 4) is 23.0 Å². The Morgan fingerprint density at radius 3 is 2.41 bits per heavy atom. The van der Waals surface area contributed by atoms with Crippen LogP contribution in [0.5, 0.6) is 23.0 Å². The highest BCUT2D eigenvalue weighted by Gasteiger charge is 2.26. The van der Waals surface area contributed by atoms with E-state index >= 15 is 0 Å². The molecule has 0 fully saturated rings. The quantitative estimate of drug-likeness (QED) is 0.269. The largest absolute Gasteiger partial charge is 0.504 e. The third-order valence-electron chi connectivity index (χ3n) is 4.35. The van der Waals surface area contributed by atoms with E-state index in [2.05, 4.69) is 11.8 Å². The Morgan fingerprint density at radius 1 is 1.07 bits per heavy atom. The summed E-state index contributed by atoms with van der Waals surface area (Å²) in [6.45, 7) is 2.09. The van der Waals surface area contributed by atoms with E-state index in [-0.39, 0.29) is 29.4 Å². The molecule has 29 heavy (non-hydrogen) atoms. The lowest BCUT2D eigenvalue weighted by molar-refractivity contribution is 0.198. The lowest BCUT2D eigenvalue weighted by Gasteiger charge is -2.22. The zero-order chi connectivity index (χ0) is 21.4. The van der Waals surface area contributed by atoms with Crippen LogP contribution in [0.2, 0.25) is 0 Å². The van der Waals surface area contributed by atoms with Crippen LogP contribution in [-0.2, 0) is 17.4 Å². The van der Waals surface area contributed by atoms with Crippen LogP contribution in [0.1, 0.15) is 30.9 Å². The molecule has 1 atom stereocenters. The molecule has 9 nitrogen and oxygen atoms in total. The lowest BCUT2D eigenvalue weighted by Crippen LogP contribution is -2.25. The van der Waals surface area contributed by atoms with Gasteiger partial charge in [-0.2, -0.15) is 11.8 Å². The molecule has 0 amide bonds. The molecule has 0 aromatic heterocycles. The second-order valence-corrected chi connectivity index (χ2v) is 8.37. The molecule has 0 heterocycles. The molecule has 0 spiro atoms. The first-order valence-electron chi connectivity index (χ1n) is 9.15. The highest BCUT2D eigenvalue weighted by molar-refractivity contribution is 7.51. The summed E-state index contributed by atoms with van der Waals surface area (Å²) >= 11 is 0. The maximum absolute atomic E-state index is 11.6. The number of phenolic OH excluding ortho intramolecular Hbond substituents is 1. The van der Waals surface area contributed by atoms with Gasteiger partial charge in [0.25, 0.3) is 0 Å². The van der Waals surface area contributed by atoms with Crippen LogP contribution in [0.25, 0.3) is 0 Å². The summed E-state index contributed by atoms with van der Waals surface area (Å²) in [7, 11) is -4.41. The van der Waals surface area contributed by atoms with Crippen LogP contribution < -0.4 is 26.2 Å². The Balaban J connectivity index is 2.28. The minimum absolute atomic E-state index is 0.00423. The third-order valence-corrected chi connectivity index (χ3v) is 5.23. The van der Waals surface area contributed by atoms with Gasteiger partial charge in [-0.1, -0.05) is 31.5 Å². The van der Waals surface area contributed by atoms with Crippen LogP contribution in [-0.4, -0.2) is 27.2 Å². The van der Waals surface area contributed by atoms with Crippen molar-refractivity contribution in [3.63, 3.8) is 0 Å². The number of aromatic hydroxyl groups is 1. The number of nitrogens with two attached hydrogens (primary N) is 2. The van der Waals surface area contributed by atoms with E-state index in [1.807, 2.05) is 6.07 Å². The van der Waals surface area contributed by atoms with Crippen LogP contribution in [0.4, 0.5) is 0 Å². The molecule has 0 saturated heterocycles. The summed E-state index contributed by atoms with van der Waals surface area (Å²) < 4.78 is 17.4. The number of hydrogen-bond acceptors (Lipinski definition) is 7. The average Bonchev–Trinajstić information content (AvgIpc) is 2.67. The first-order valence-corrected chi connectivity index (χ1v) is 11.0. The van der Waals surface area contributed by atoms with Gasteiger partial charge in [0.2, 0.25) is 0 Å². The van der Waals surface area contributed by atoms with E-state index in [9.17, 15) is 19.5 Å². The van der Waals surface area contributed by atoms with Crippen molar-refractivity contribution in [1.82, 2.24) is 0 Å². The Labute approximate surface area is 169 Å². The van der Waals surface area contributed by atoms with Crippen molar-refractivity contribution in [2.24, 2.45) is 11.8 Å². The maximum Gasteiger partial charge on any atom is 0.329 e. The van der Waals surface area contributed by atoms with Crippen LogP contribution in [0, 0.1) is 0 Å². The maximum atomic E-state index is 11.6. The summed E-state index contributed by atoms with van der Waals surface area (Å²) in [5, 5.41) is 10.2. The zero-order valence-corrected chi connectivity index (χ0v) is 17.0. The van der Waals surface area contributed by atoms with Gasteiger partial charge in [0.1, 0.15) is 6.10 Å². The number of benzene rings is 2. The fraction of sp³-hybridized carbons (Fsp3) is 0.368. The number of phenols is 1. The molecule has 0 radical (unpaired) electrons. The second-order valence-electron chi connectivity index (χ2n) is 6.68. The van der Waals surface area contributed by atoms with Gasteiger partial charge in [0.05, 0.1) is 6.16 Å². The first kappa shape index (κ1) is 23.0. The Morgan fingerprint density at radius 2 is 1.79 bits per heavy atom. The predicted molar refractivity (Wildman–Crippen MR) is 108 cm³/mol. The molecule has 0 aliphatic carbocycles. The number of aryl methyl sites for hydroxylation is 1. The van der Waals surface area contributed by atoms with Gasteiger partial charge in [-0.05, 0) is 36.6 Å². The summed E-state index contributed by atoms with van der Waals surface area (Å²) in [6.07, 6.45) is 1.35. The highest BCUT2D eigenvalue weighted by Crippen LogP contribution is 2.39. The van der Waals surface area contributed by atoms with Crippen molar-refractivity contribution >= 4 is 7.60 Å². The van der Waals surface area contributed by atoms with Gasteiger partial charge < -0.3 is 29.3 Å². The van der Waals surface area contributed by atoms with Crippen LogP contribution in [0.3, 0.4) is 0 Å². The number of unbranched alkanes of at least 4 members (excludes halogenated alkanes) is 1. The molecule has 0 bridgehead atoms. The molecule has 7 N–H and O–H groups in total. The molecular weight excluding hydrogens is 399 g/mol. The van der Waals surface area contributed by atoms with Gasteiger partial charge in [-0.3, -0.25) is 4.57 Å². The van der Waals surface area contributed by atoms with Crippen molar-refractivity contribution in [1.29, 1.82) is 0 Å².